The molecular weight excluding hydrogens is 739 g/mol. The van der Waals surface area contributed by atoms with Gasteiger partial charge in [-0.05, 0) is 42.0 Å². The average Bonchev–Trinajstić information content (AvgIpc) is 3.36. The van der Waals surface area contributed by atoms with Crippen LogP contribution in [0.4, 0.5) is 27.6 Å². The van der Waals surface area contributed by atoms with E-state index >= 15 is 0 Å². The van der Waals surface area contributed by atoms with Gasteiger partial charge in [-0.2, -0.15) is 8.78 Å². The third-order valence-electron chi connectivity index (χ3n) is 6.06. The summed E-state index contributed by atoms with van der Waals surface area (Å²) in [7, 11) is 0. The number of halogens is 6. The summed E-state index contributed by atoms with van der Waals surface area (Å²) in [5, 5.41) is 11.1. The standard InChI is InChI=1S/C11H13NO4.C10H7F5O2.C9H13NO3.C5H9ClO/c1-8(2)7-11(13)16-10-5-3-9(4-6-10)12(14)15;1-3(2)10(16)17-9-7(14)5(12)4(11)6(13)8(9)15;1-6(2)9(12)13-10-7(3)4-5-8(10)11;1-4(2)3-5(6)7/h3-6,8H,7H2,1-2H3;3H,1-2H3;6H,3-5H2,1-2H3;4H,3H2,1-2H3. The van der Waals surface area contributed by atoms with Crippen LogP contribution in [0.2, 0.25) is 0 Å². The molecule has 3 rings (SSSR count). The number of esters is 2. The van der Waals surface area contributed by atoms with Gasteiger partial charge in [0, 0.05) is 31.4 Å². The van der Waals surface area contributed by atoms with Crippen molar-refractivity contribution in [2.24, 2.45) is 23.7 Å². The molecule has 18 heteroatoms. The Labute approximate surface area is 308 Å². The fraction of sp³-hybridized carbons (Fsp3) is 0.457. The van der Waals surface area contributed by atoms with Crippen molar-refractivity contribution in [2.75, 3.05) is 0 Å². The quantitative estimate of drug-likeness (QED) is 0.0334. The molecule has 0 spiro atoms. The minimum absolute atomic E-state index is 0.0244. The monoisotopic (exact) mass is 780 g/mol. The lowest BCUT2D eigenvalue weighted by Gasteiger charge is -2.16. The zero-order chi connectivity index (χ0) is 41.3. The third kappa shape index (κ3) is 17.4. The highest BCUT2D eigenvalue weighted by molar-refractivity contribution is 6.63. The molecule has 0 bridgehead atoms. The molecule has 12 nitrogen and oxygen atoms in total. The summed E-state index contributed by atoms with van der Waals surface area (Å²) in [5.74, 6) is -14.6. The largest absolute Gasteiger partial charge is 0.427 e. The summed E-state index contributed by atoms with van der Waals surface area (Å²) in [6, 6.07) is 5.43. The molecule has 0 saturated carbocycles. The molecule has 0 atom stereocenters. The van der Waals surface area contributed by atoms with E-state index in [0.29, 0.717) is 43.0 Å². The van der Waals surface area contributed by atoms with Crippen molar-refractivity contribution >= 4 is 46.3 Å². The zero-order valence-corrected chi connectivity index (χ0v) is 31.2. The van der Waals surface area contributed by atoms with Crippen LogP contribution in [0.1, 0.15) is 81.1 Å². The Kier molecular flexibility index (Phi) is 20.8. The number of carbonyl (C=O) groups is 5. The Hall–Kier alpha value is -4.93. The van der Waals surface area contributed by atoms with Crippen molar-refractivity contribution in [1.82, 2.24) is 5.06 Å². The highest BCUT2D eigenvalue weighted by Gasteiger charge is 2.30. The summed E-state index contributed by atoms with van der Waals surface area (Å²) in [4.78, 5) is 69.3. The van der Waals surface area contributed by atoms with Gasteiger partial charge in [-0.1, -0.05) is 62.0 Å². The van der Waals surface area contributed by atoms with Gasteiger partial charge in [0.05, 0.1) is 22.5 Å². The molecule has 1 aliphatic rings. The molecule has 0 aliphatic carbocycles. The first-order valence-corrected chi connectivity index (χ1v) is 16.4. The molecule has 1 saturated heterocycles. The van der Waals surface area contributed by atoms with E-state index in [1.54, 1.807) is 13.8 Å². The van der Waals surface area contributed by atoms with Gasteiger partial charge in [-0.15, -0.1) is 5.06 Å². The summed E-state index contributed by atoms with van der Waals surface area (Å²) >= 11 is 5.03. The number of nitro benzene ring substituents is 1. The number of benzene rings is 2. The van der Waals surface area contributed by atoms with E-state index in [1.165, 1.54) is 38.1 Å². The summed E-state index contributed by atoms with van der Waals surface area (Å²) < 4.78 is 73.2. The molecule has 1 amide bonds. The number of nitrogens with zero attached hydrogens (tertiary/aromatic N) is 2. The minimum atomic E-state index is -2.30. The van der Waals surface area contributed by atoms with Crippen LogP contribution in [-0.2, 0) is 28.8 Å². The fourth-order valence-electron chi connectivity index (χ4n) is 3.30. The average molecular weight is 781 g/mol. The van der Waals surface area contributed by atoms with Crippen LogP contribution >= 0.6 is 11.6 Å². The highest BCUT2D eigenvalue weighted by atomic mass is 35.5. The normalized spacial score (nSPS) is 12.0. The molecule has 1 fully saturated rings. The molecule has 0 N–H and O–H groups in total. The Morgan fingerprint density at radius 3 is 1.57 bits per heavy atom. The molecule has 1 heterocycles. The molecule has 294 valence electrons. The van der Waals surface area contributed by atoms with Crippen LogP contribution in [-0.4, -0.2) is 39.0 Å². The summed E-state index contributed by atoms with van der Waals surface area (Å²) in [6.45, 7) is 17.5. The number of nitro groups is 1. The number of amides is 1. The van der Waals surface area contributed by atoms with E-state index in [2.05, 4.69) is 11.3 Å². The number of hydrogen-bond donors (Lipinski definition) is 0. The van der Waals surface area contributed by atoms with Crippen LogP contribution in [0, 0.1) is 62.9 Å². The predicted molar refractivity (Wildman–Crippen MR) is 181 cm³/mol. The number of non-ortho nitro benzene ring substituents is 1. The maximum atomic E-state index is 13.0. The first kappa shape index (κ1) is 48.1. The van der Waals surface area contributed by atoms with Gasteiger partial charge in [0.25, 0.3) is 11.6 Å². The number of allylic oxidation sites excluding steroid dienone is 1. The van der Waals surface area contributed by atoms with Crippen molar-refractivity contribution in [3.05, 3.63) is 75.7 Å². The van der Waals surface area contributed by atoms with Gasteiger partial charge in [-0.3, -0.25) is 29.3 Å². The Balaban J connectivity index is 0.000000707. The van der Waals surface area contributed by atoms with Crippen LogP contribution in [0.15, 0.2) is 36.5 Å². The van der Waals surface area contributed by atoms with E-state index in [0.717, 1.165) is 5.06 Å². The number of hydroxylamine groups is 2. The Morgan fingerprint density at radius 1 is 0.774 bits per heavy atom. The van der Waals surface area contributed by atoms with E-state index in [4.69, 9.17) is 21.2 Å². The third-order valence-corrected chi connectivity index (χ3v) is 6.21. The van der Waals surface area contributed by atoms with Gasteiger partial charge in [0.1, 0.15) is 5.75 Å². The van der Waals surface area contributed by atoms with Crippen LogP contribution in [0.25, 0.3) is 0 Å². The van der Waals surface area contributed by atoms with Crippen LogP contribution in [0.5, 0.6) is 11.5 Å². The molecule has 53 heavy (non-hydrogen) atoms. The van der Waals surface area contributed by atoms with Crippen molar-refractivity contribution in [3.8, 4) is 11.5 Å². The van der Waals surface area contributed by atoms with E-state index in [9.17, 15) is 56.0 Å². The minimum Gasteiger partial charge on any atom is -0.427 e. The summed E-state index contributed by atoms with van der Waals surface area (Å²) in [5.41, 5.74) is 0.530. The highest BCUT2D eigenvalue weighted by Crippen LogP contribution is 2.29. The molecule has 0 aromatic heterocycles. The lowest BCUT2D eigenvalue weighted by Crippen LogP contribution is -2.28. The first-order valence-electron chi connectivity index (χ1n) is 16.0. The van der Waals surface area contributed by atoms with Crippen molar-refractivity contribution in [1.29, 1.82) is 0 Å². The number of carbonyl (C=O) groups excluding carboxylic acids is 5. The topological polar surface area (TPSA) is 159 Å². The zero-order valence-electron chi connectivity index (χ0n) is 30.4. The van der Waals surface area contributed by atoms with Crippen LogP contribution in [0.3, 0.4) is 0 Å². The fourth-order valence-corrected chi connectivity index (χ4v) is 3.61. The van der Waals surface area contributed by atoms with Gasteiger partial charge in [0.2, 0.25) is 40.1 Å². The van der Waals surface area contributed by atoms with Crippen molar-refractivity contribution in [2.45, 2.75) is 81.1 Å². The summed E-state index contributed by atoms with van der Waals surface area (Å²) in [6.07, 6.45) is 1.77. The second-order valence-electron chi connectivity index (χ2n) is 12.6. The molecular formula is C35H42ClF5N2O10. The smallest absolute Gasteiger partial charge is 0.335 e. The molecule has 0 radical (unpaired) electrons. The number of hydrogen-bond acceptors (Lipinski definition) is 10. The molecule has 2 aromatic rings. The van der Waals surface area contributed by atoms with E-state index in [-0.39, 0.29) is 34.6 Å². The Morgan fingerprint density at radius 2 is 1.23 bits per heavy atom. The second-order valence-corrected chi connectivity index (χ2v) is 13.0. The second kappa shape index (κ2) is 22.9. The van der Waals surface area contributed by atoms with Crippen molar-refractivity contribution < 1.29 is 65.2 Å². The van der Waals surface area contributed by atoms with Crippen molar-refractivity contribution in [3.63, 3.8) is 0 Å². The SMILES string of the molecule is C=C1CCC(=O)N1OC(=O)C(C)C.CC(C)C(=O)Oc1c(F)c(F)c(F)c(F)c1F.CC(C)CC(=O)Cl.CC(C)CC(=O)Oc1ccc([N+](=O)[O-])cc1. The number of ether oxygens (including phenoxy) is 2. The molecule has 1 aliphatic heterocycles. The molecule has 0 unspecified atom stereocenters. The van der Waals surface area contributed by atoms with Gasteiger partial charge in [-0.25, -0.2) is 18.0 Å². The van der Waals surface area contributed by atoms with E-state index < -0.39 is 57.6 Å². The number of rotatable bonds is 10. The first-order chi connectivity index (χ1) is 24.4. The maximum Gasteiger partial charge on any atom is 0.335 e. The van der Waals surface area contributed by atoms with Gasteiger partial charge in [0.15, 0.2) is 0 Å². The predicted octanol–water partition coefficient (Wildman–Crippen LogP) is 8.52. The lowest BCUT2D eigenvalue weighted by atomic mass is 10.1. The Bertz CT molecular complexity index is 1590. The van der Waals surface area contributed by atoms with Gasteiger partial charge < -0.3 is 14.3 Å². The van der Waals surface area contributed by atoms with Crippen LogP contribution < -0.4 is 9.47 Å². The van der Waals surface area contributed by atoms with Gasteiger partial charge >= 0.3 is 17.9 Å². The molecule has 2 aromatic carbocycles. The maximum absolute atomic E-state index is 13.0. The lowest BCUT2D eigenvalue weighted by molar-refractivity contribution is -0.384. The van der Waals surface area contributed by atoms with E-state index in [1.807, 2.05) is 27.7 Å².